The molecule has 0 saturated heterocycles. The maximum absolute atomic E-state index is 11.4. The number of aromatic nitrogens is 3. The van der Waals surface area contributed by atoms with Crippen LogP contribution in [0.2, 0.25) is 0 Å². The third kappa shape index (κ3) is 3.30. The zero-order chi connectivity index (χ0) is 21.5. The first kappa shape index (κ1) is 19.2. The Labute approximate surface area is 185 Å². The molecular weight excluding hydrogens is 460 g/mol. The molecule has 2 aromatic heterocycles. The van der Waals surface area contributed by atoms with Crippen molar-refractivity contribution in [3.05, 3.63) is 87.5 Å². The summed E-state index contributed by atoms with van der Waals surface area (Å²) in [6, 6.07) is 19.9. The smallest absolute Gasteiger partial charge is 0.271 e. The number of nitro groups is 1. The maximum Gasteiger partial charge on any atom is 0.271 e. The SMILES string of the molecule is COc1ccc2ncc3c(-c4cccc(Br)c4)nn(-c4cccc([N+](=O)[O-])c4)c3c2c1. The van der Waals surface area contributed by atoms with Gasteiger partial charge in [0.05, 0.1) is 28.8 Å². The first-order valence-electron chi connectivity index (χ1n) is 9.41. The molecule has 0 radical (unpaired) electrons. The molecule has 2 heterocycles. The van der Waals surface area contributed by atoms with Gasteiger partial charge in [-0.2, -0.15) is 5.10 Å². The van der Waals surface area contributed by atoms with Gasteiger partial charge in [-0.15, -0.1) is 0 Å². The number of hydrogen-bond donors (Lipinski definition) is 0. The van der Waals surface area contributed by atoms with Crippen molar-refractivity contribution in [1.82, 2.24) is 14.8 Å². The van der Waals surface area contributed by atoms with E-state index < -0.39 is 4.92 Å². The summed E-state index contributed by atoms with van der Waals surface area (Å²) in [7, 11) is 1.61. The van der Waals surface area contributed by atoms with Crippen LogP contribution in [0.3, 0.4) is 0 Å². The van der Waals surface area contributed by atoms with Gasteiger partial charge in [-0.1, -0.05) is 34.1 Å². The zero-order valence-electron chi connectivity index (χ0n) is 16.3. The Morgan fingerprint density at radius 2 is 1.87 bits per heavy atom. The minimum Gasteiger partial charge on any atom is -0.497 e. The second kappa shape index (κ2) is 7.48. The molecule has 0 aliphatic rings. The fraction of sp³-hybridized carbons (Fsp3) is 0.0435. The van der Waals surface area contributed by atoms with E-state index in [2.05, 4.69) is 20.9 Å². The van der Waals surface area contributed by atoms with Crippen LogP contribution in [0.1, 0.15) is 0 Å². The van der Waals surface area contributed by atoms with E-state index in [0.717, 1.165) is 37.5 Å². The lowest BCUT2D eigenvalue weighted by molar-refractivity contribution is -0.384. The lowest BCUT2D eigenvalue weighted by Gasteiger charge is -2.07. The van der Waals surface area contributed by atoms with Crippen LogP contribution in [0.4, 0.5) is 5.69 Å². The highest BCUT2D eigenvalue weighted by Crippen LogP contribution is 2.36. The molecule has 0 aliphatic heterocycles. The summed E-state index contributed by atoms with van der Waals surface area (Å²) in [6.45, 7) is 0. The van der Waals surface area contributed by atoms with Crippen molar-refractivity contribution in [1.29, 1.82) is 0 Å². The second-order valence-corrected chi connectivity index (χ2v) is 7.87. The Morgan fingerprint density at radius 3 is 2.65 bits per heavy atom. The molecule has 5 aromatic rings. The molecule has 0 amide bonds. The number of ether oxygens (including phenoxy) is 1. The van der Waals surface area contributed by atoms with Gasteiger partial charge in [0.25, 0.3) is 5.69 Å². The number of methoxy groups -OCH3 is 1. The molecule has 0 aliphatic carbocycles. The first-order chi connectivity index (χ1) is 15.0. The first-order valence-corrected chi connectivity index (χ1v) is 10.2. The lowest BCUT2D eigenvalue weighted by Crippen LogP contribution is -1.99. The molecule has 8 heteroatoms. The van der Waals surface area contributed by atoms with Crippen LogP contribution in [-0.2, 0) is 0 Å². The molecule has 0 saturated carbocycles. The second-order valence-electron chi connectivity index (χ2n) is 6.95. The summed E-state index contributed by atoms with van der Waals surface area (Å²) in [6.07, 6.45) is 1.79. The topological polar surface area (TPSA) is 83.1 Å². The van der Waals surface area contributed by atoms with Crippen LogP contribution >= 0.6 is 15.9 Å². The van der Waals surface area contributed by atoms with Crippen molar-refractivity contribution in [2.24, 2.45) is 0 Å². The number of rotatable bonds is 4. The Hall–Kier alpha value is -3.78. The van der Waals surface area contributed by atoms with Crippen LogP contribution in [0.25, 0.3) is 38.8 Å². The molecule has 0 atom stereocenters. The van der Waals surface area contributed by atoms with Crippen molar-refractivity contribution >= 4 is 43.4 Å². The molecule has 0 bridgehead atoms. The van der Waals surface area contributed by atoms with Gasteiger partial charge in [-0.05, 0) is 36.4 Å². The van der Waals surface area contributed by atoms with E-state index in [1.807, 2.05) is 42.5 Å². The summed E-state index contributed by atoms with van der Waals surface area (Å²) >= 11 is 3.52. The van der Waals surface area contributed by atoms with Crippen LogP contribution in [-0.4, -0.2) is 26.8 Å². The van der Waals surface area contributed by atoms with Gasteiger partial charge in [0.1, 0.15) is 11.4 Å². The molecule has 0 N–H and O–H groups in total. The standard InChI is InChI=1S/C23H15BrN4O3/c1-31-18-8-9-21-19(12-18)23-20(13-25-21)22(14-4-2-5-15(24)10-14)26-27(23)16-6-3-7-17(11-16)28(29)30/h2-13H,1H3. The monoisotopic (exact) mass is 474 g/mol. The van der Waals surface area contributed by atoms with E-state index >= 15 is 0 Å². The number of pyridine rings is 1. The quantitative estimate of drug-likeness (QED) is 0.238. The molecule has 0 unspecified atom stereocenters. The molecule has 0 spiro atoms. The number of benzene rings is 3. The van der Waals surface area contributed by atoms with E-state index in [1.165, 1.54) is 12.1 Å². The van der Waals surface area contributed by atoms with Gasteiger partial charge >= 0.3 is 0 Å². The Kier molecular flexibility index (Phi) is 4.63. The summed E-state index contributed by atoms with van der Waals surface area (Å²) in [5.41, 5.74) is 3.82. The van der Waals surface area contributed by atoms with E-state index in [9.17, 15) is 10.1 Å². The highest BCUT2D eigenvalue weighted by molar-refractivity contribution is 9.10. The van der Waals surface area contributed by atoms with Crippen LogP contribution < -0.4 is 4.74 Å². The van der Waals surface area contributed by atoms with Crippen molar-refractivity contribution in [3.8, 4) is 22.7 Å². The van der Waals surface area contributed by atoms with E-state index in [1.54, 1.807) is 30.1 Å². The van der Waals surface area contributed by atoms with E-state index in [4.69, 9.17) is 9.84 Å². The minimum atomic E-state index is -0.410. The molecule has 3 aromatic carbocycles. The third-order valence-corrected chi connectivity index (χ3v) is 5.59. The number of hydrogen-bond acceptors (Lipinski definition) is 5. The minimum absolute atomic E-state index is 0.00102. The molecule has 31 heavy (non-hydrogen) atoms. The maximum atomic E-state index is 11.4. The van der Waals surface area contributed by atoms with Crippen molar-refractivity contribution in [3.63, 3.8) is 0 Å². The Morgan fingerprint density at radius 1 is 1.03 bits per heavy atom. The number of fused-ring (bicyclic) bond motifs is 3. The summed E-state index contributed by atoms with van der Waals surface area (Å²) in [4.78, 5) is 15.6. The van der Waals surface area contributed by atoms with Gasteiger partial charge in [-0.25, -0.2) is 4.68 Å². The summed E-state index contributed by atoms with van der Waals surface area (Å²) in [5.74, 6) is 0.692. The largest absolute Gasteiger partial charge is 0.497 e. The predicted octanol–water partition coefficient (Wildman–Crippen LogP) is 5.92. The fourth-order valence-electron chi connectivity index (χ4n) is 3.66. The van der Waals surface area contributed by atoms with Crippen molar-refractivity contribution in [2.75, 3.05) is 7.11 Å². The van der Waals surface area contributed by atoms with Crippen LogP contribution in [0, 0.1) is 10.1 Å². The molecule has 7 nitrogen and oxygen atoms in total. The van der Waals surface area contributed by atoms with E-state index in [-0.39, 0.29) is 5.69 Å². The molecule has 152 valence electrons. The van der Waals surface area contributed by atoms with Gasteiger partial charge < -0.3 is 4.74 Å². The van der Waals surface area contributed by atoms with Crippen LogP contribution in [0.5, 0.6) is 5.75 Å². The number of nitro benzene ring substituents is 1. The summed E-state index contributed by atoms with van der Waals surface area (Å²) in [5, 5.41) is 17.9. The summed E-state index contributed by atoms with van der Waals surface area (Å²) < 4.78 is 8.09. The van der Waals surface area contributed by atoms with Crippen LogP contribution in [0.15, 0.2) is 77.4 Å². The Bertz CT molecular complexity index is 1480. The highest BCUT2D eigenvalue weighted by atomic mass is 79.9. The molecule has 0 fully saturated rings. The van der Waals surface area contributed by atoms with Gasteiger partial charge in [0, 0.05) is 39.1 Å². The zero-order valence-corrected chi connectivity index (χ0v) is 17.9. The predicted molar refractivity (Wildman–Crippen MR) is 123 cm³/mol. The van der Waals surface area contributed by atoms with Gasteiger partial charge in [0.2, 0.25) is 0 Å². The van der Waals surface area contributed by atoms with Crippen molar-refractivity contribution in [2.45, 2.75) is 0 Å². The van der Waals surface area contributed by atoms with Gasteiger partial charge in [0.15, 0.2) is 0 Å². The fourth-order valence-corrected chi connectivity index (χ4v) is 4.06. The average Bonchev–Trinajstić information content (AvgIpc) is 3.19. The number of nitrogens with zero attached hydrogens (tertiary/aromatic N) is 4. The highest BCUT2D eigenvalue weighted by Gasteiger charge is 2.19. The lowest BCUT2D eigenvalue weighted by atomic mass is 10.1. The molecular formula is C23H15BrN4O3. The molecule has 5 rings (SSSR count). The number of halogens is 1. The number of non-ortho nitro benzene ring substituents is 1. The van der Waals surface area contributed by atoms with Crippen molar-refractivity contribution < 1.29 is 9.66 Å². The van der Waals surface area contributed by atoms with Gasteiger partial charge in [-0.3, -0.25) is 15.1 Å². The normalized spacial score (nSPS) is 11.2. The Balaban J connectivity index is 1.90. The average molecular weight is 475 g/mol. The third-order valence-electron chi connectivity index (χ3n) is 5.10. The van der Waals surface area contributed by atoms with E-state index in [0.29, 0.717) is 11.4 Å².